The van der Waals surface area contributed by atoms with Gasteiger partial charge in [-0.15, -0.1) is 0 Å². The number of sulfonamides is 1. The second-order valence-corrected chi connectivity index (χ2v) is 6.54. The van der Waals surface area contributed by atoms with Gasteiger partial charge in [-0.1, -0.05) is 6.07 Å². The van der Waals surface area contributed by atoms with Gasteiger partial charge in [-0.3, -0.25) is 0 Å². The monoisotopic (exact) mass is 334 g/mol. The normalized spacial score (nSPS) is 11.2. The smallest absolute Gasteiger partial charge is 0.404 e. The Morgan fingerprint density at radius 1 is 1.36 bits per heavy atom. The van der Waals surface area contributed by atoms with Crippen LogP contribution in [0.25, 0.3) is 0 Å². The predicted molar refractivity (Wildman–Crippen MR) is 78.8 cm³/mol. The number of ether oxygens (including phenoxy) is 1. The molecule has 1 aromatic carbocycles. The van der Waals surface area contributed by atoms with E-state index in [0.717, 1.165) is 0 Å². The summed E-state index contributed by atoms with van der Waals surface area (Å²) in [5, 5.41) is 10.8. The highest BCUT2D eigenvalue weighted by Crippen LogP contribution is 2.20. The summed E-state index contributed by atoms with van der Waals surface area (Å²) in [5.74, 6) is -0.263. The zero-order chi connectivity index (χ0) is 16.6. The van der Waals surface area contributed by atoms with Crippen LogP contribution in [0.5, 0.6) is 5.75 Å². The van der Waals surface area contributed by atoms with E-state index in [-0.39, 0.29) is 24.7 Å². The summed E-state index contributed by atoms with van der Waals surface area (Å²) in [6.07, 6.45) is -0.308. The van der Waals surface area contributed by atoms with Gasteiger partial charge < -0.3 is 15.2 Å². The van der Waals surface area contributed by atoms with Gasteiger partial charge in [-0.2, -0.15) is 0 Å². The number of hydrogen-bond acceptors (Lipinski definition) is 4. The zero-order valence-electron chi connectivity index (χ0n) is 12.1. The first kappa shape index (κ1) is 18.2. The largest absolute Gasteiger partial charge is 0.493 e. The van der Waals surface area contributed by atoms with E-state index in [2.05, 4.69) is 10.0 Å². The second kappa shape index (κ2) is 8.54. The third-order valence-corrected chi connectivity index (χ3v) is 4.28. The van der Waals surface area contributed by atoms with Crippen molar-refractivity contribution in [1.29, 1.82) is 0 Å². The average Bonchev–Trinajstić information content (AvgIpc) is 2.45. The van der Waals surface area contributed by atoms with Gasteiger partial charge in [-0.25, -0.2) is 22.3 Å². The molecule has 3 N–H and O–H groups in total. The molecule has 1 rings (SSSR count). The van der Waals surface area contributed by atoms with Crippen LogP contribution >= 0.6 is 0 Å². The quantitative estimate of drug-likeness (QED) is 0.591. The average molecular weight is 334 g/mol. The fraction of sp³-hybridized carbons (Fsp3) is 0.462. The van der Waals surface area contributed by atoms with Crippen molar-refractivity contribution in [2.24, 2.45) is 0 Å². The van der Waals surface area contributed by atoms with Crippen LogP contribution in [0.1, 0.15) is 18.4 Å². The Bertz CT molecular complexity index is 606. The van der Waals surface area contributed by atoms with Crippen molar-refractivity contribution in [1.82, 2.24) is 10.0 Å². The van der Waals surface area contributed by atoms with E-state index in [9.17, 15) is 17.6 Å². The van der Waals surface area contributed by atoms with E-state index in [0.29, 0.717) is 18.4 Å². The summed E-state index contributed by atoms with van der Waals surface area (Å²) in [4.78, 5) is 10.5. The molecule has 0 fully saturated rings. The number of amides is 1. The van der Waals surface area contributed by atoms with Crippen LogP contribution in [-0.4, -0.2) is 39.0 Å². The summed E-state index contributed by atoms with van der Waals surface area (Å²) >= 11 is 0. The number of rotatable bonds is 9. The lowest BCUT2D eigenvalue weighted by atomic mass is 10.2. The highest BCUT2D eigenvalue weighted by Gasteiger charge is 2.08. The first-order chi connectivity index (χ1) is 10.3. The van der Waals surface area contributed by atoms with E-state index in [1.165, 1.54) is 25.2 Å². The number of unbranched alkanes of at least 4 members (excludes halogenated alkanes) is 1. The Morgan fingerprint density at radius 2 is 2.09 bits per heavy atom. The minimum atomic E-state index is -3.24. The van der Waals surface area contributed by atoms with Gasteiger partial charge in [0.1, 0.15) is 11.6 Å². The van der Waals surface area contributed by atoms with Gasteiger partial charge in [-0.05, 0) is 26.0 Å². The molecule has 0 atom stereocenters. The van der Waals surface area contributed by atoms with Gasteiger partial charge in [0.2, 0.25) is 10.0 Å². The molecule has 0 aliphatic carbocycles. The minimum Gasteiger partial charge on any atom is -0.493 e. The van der Waals surface area contributed by atoms with E-state index < -0.39 is 21.9 Å². The van der Waals surface area contributed by atoms with Crippen LogP contribution in [0.3, 0.4) is 0 Å². The molecular formula is C13H19FN2O5S. The summed E-state index contributed by atoms with van der Waals surface area (Å²) in [5.41, 5.74) is 0.506. The topological polar surface area (TPSA) is 105 Å². The number of benzene rings is 1. The van der Waals surface area contributed by atoms with Crippen molar-refractivity contribution in [3.8, 4) is 5.75 Å². The Labute approximate surface area is 128 Å². The highest BCUT2D eigenvalue weighted by atomic mass is 32.2. The van der Waals surface area contributed by atoms with Gasteiger partial charge >= 0.3 is 6.09 Å². The van der Waals surface area contributed by atoms with Crippen molar-refractivity contribution in [2.75, 3.05) is 19.4 Å². The summed E-state index contributed by atoms with van der Waals surface area (Å²) < 4.78 is 43.3. The molecule has 0 heterocycles. The zero-order valence-corrected chi connectivity index (χ0v) is 13.0. The van der Waals surface area contributed by atoms with Crippen molar-refractivity contribution >= 4 is 16.1 Å². The molecular weight excluding hydrogens is 315 g/mol. The van der Waals surface area contributed by atoms with Crippen molar-refractivity contribution in [2.45, 2.75) is 19.4 Å². The molecule has 0 aromatic heterocycles. The van der Waals surface area contributed by atoms with Crippen molar-refractivity contribution < 1.29 is 27.4 Å². The molecule has 1 aromatic rings. The minimum absolute atomic E-state index is 0.000912. The van der Waals surface area contributed by atoms with Gasteiger partial charge in [0.25, 0.3) is 0 Å². The lowest BCUT2D eigenvalue weighted by Gasteiger charge is -2.11. The van der Waals surface area contributed by atoms with E-state index >= 15 is 0 Å². The lowest BCUT2D eigenvalue weighted by Crippen LogP contribution is -2.22. The first-order valence-electron chi connectivity index (χ1n) is 6.63. The molecule has 0 spiro atoms. The third-order valence-electron chi connectivity index (χ3n) is 2.84. The lowest BCUT2D eigenvalue weighted by molar-refractivity contribution is 0.193. The van der Waals surface area contributed by atoms with E-state index in [1.54, 1.807) is 0 Å². The molecule has 124 valence electrons. The van der Waals surface area contributed by atoms with Crippen molar-refractivity contribution in [3.63, 3.8) is 0 Å². The maximum Gasteiger partial charge on any atom is 0.404 e. The fourth-order valence-electron chi connectivity index (χ4n) is 1.66. The van der Waals surface area contributed by atoms with Crippen LogP contribution in [0.4, 0.5) is 9.18 Å². The van der Waals surface area contributed by atoms with Crippen LogP contribution in [0, 0.1) is 5.82 Å². The number of carbonyl (C=O) groups is 1. The van der Waals surface area contributed by atoms with Crippen LogP contribution in [-0.2, 0) is 16.6 Å². The Hall–Kier alpha value is -1.87. The predicted octanol–water partition coefficient (Wildman–Crippen LogP) is 1.30. The Morgan fingerprint density at radius 3 is 2.73 bits per heavy atom. The van der Waals surface area contributed by atoms with Gasteiger partial charge in [0.05, 0.1) is 12.4 Å². The van der Waals surface area contributed by atoms with Crippen LogP contribution in [0.2, 0.25) is 0 Å². The molecule has 0 saturated heterocycles. The molecule has 1 amide bonds. The fourth-order valence-corrected chi connectivity index (χ4v) is 2.45. The molecule has 22 heavy (non-hydrogen) atoms. The molecule has 0 bridgehead atoms. The number of halogens is 1. The highest BCUT2D eigenvalue weighted by molar-refractivity contribution is 7.89. The maximum atomic E-state index is 13.2. The first-order valence-corrected chi connectivity index (χ1v) is 8.28. The molecule has 0 aliphatic rings. The Balaban J connectivity index is 2.50. The number of nitrogens with one attached hydrogen (secondary N) is 2. The summed E-state index contributed by atoms with van der Waals surface area (Å²) in [7, 11) is -1.89. The maximum absolute atomic E-state index is 13.2. The van der Waals surface area contributed by atoms with Crippen LogP contribution in [0.15, 0.2) is 18.2 Å². The SMILES string of the molecule is CNS(=O)(=O)CCCCOc1cc(F)ccc1CNC(=O)O. The molecule has 0 aliphatic heterocycles. The molecule has 0 unspecified atom stereocenters. The summed E-state index contributed by atoms with van der Waals surface area (Å²) in [6, 6.07) is 3.82. The molecule has 0 saturated carbocycles. The molecule has 9 heteroatoms. The van der Waals surface area contributed by atoms with E-state index in [1.807, 2.05) is 0 Å². The van der Waals surface area contributed by atoms with Gasteiger partial charge in [0, 0.05) is 18.2 Å². The standard InChI is InChI=1S/C13H19FN2O5S/c1-15-22(19,20)7-3-2-6-21-12-8-11(14)5-4-10(12)9-16-13(17)18/h4-5,8,15-16H,2-3,6-7,9H2,1H3,(H,17,18). The molecule has 0 radical (unpaired) electrons. The van der Waals surface area contributed by atoms with E-state index in [4.69, 9.17) is 9.84 Å². The van der Waals surface area contributed by atoms with Crippen LogP contribution < -0.4 is 14.8 Å². The van der Waals surface area contributed by atoms with Gasteiger partial charge in [0.15, 0.2) is 0 Å². The molecule has 7 nitrogen and oxygen atoms in total. The Kier molecular flexibility index (Phi) is 7.06. The third kappa shape index (κ3) is 6.72. The second-order valence-electron chi connectivity index (χ2n) is 4.49. The number of hydrogen-bond donors (Lipinski definition) is 3. The summed E-state index contributed by atoms with van der Waals surface area (Å²) in [6.45, 7) is 0.210. The number of carboxylic acid groups (broad SMARTS) is 1. The van der Waals surface area contributed by atoms with Crippen molar-refractivity contribution in [3.05, 3.63) is 29.6 Å².